The average molecular weight is 226 g/mol. The van der Waals surface area contributed by atoms with Gasteiger partial charge < -0.3 is 11.1 Å². The third kappa shape index (κ3) is 2.97. The first-order chi connectivity index (χ1) is 7.46. The number of hydrogen-bond acceptors (Lipinski definition) is 2. The Hall–Kier alpha value is -0.570. The highest BCUT2D eigenvalue weighted by molar-refractivity contribution is 5.83. The van der Waals surface area contributed by atoms with E-state index in [-0.39, 0.29) is 11.4 Å². The molecule has 1 aliphatic rings. The molecule has 1 fully saturated rings. The summed E-state index contributed by atoms with van der Waals surface area (Å²) < 4.78 is 0. The lowest BCUT2D eigenvalue weighted by atomic mass is 9.80. The van der Waals surface area contributed by atoms with E-state index in [0.717, 1.165) is 19.3 Å². The van der Waals surface area contributed by atoms with Gasteiger partial charge in [0.1, 0.15) is 0 Å². The van der Waals surface area contributed by atoms with Crippen molar-refractivity contribution in [1.29, 1.82) is 0 Å². The van der Waals surface area contributed by atoms with E-state index in [0.29, 0.717) is 6.54 Å². The quantitative estimate of drug-likeness (QED) is 0.772. The lowest BCUT2D eigenvalue weighted by Gasteiger charge is -2.38. The smallest absolute Gasteiger partial charge is 0.227 e. The molecule has 0 aliphatic heterocycles. The van der Waals surface area contributed by atoms with E-state index >= 15 is 0 Å². The summed E-state index contributed by atoms with van der Waals surface area (Å²) in [6.07, 6.45) is 6.75. The Bertz CT molecular complexity index is 240. The predicted molar refractivity (Wildman–Crippen MR) is 67.1 cm³/mol. The van der Waals surface area contributed by atoms with E-state index in [1.165, 1.54) is 19.3 Å². The van der Waals surface area contributed by atoms with Crippen molar-refractivity contribution >= 4 is 5.91 Å². The first-order valence-corrected chi connectivity index (χ1v) is 6.48. The van der Waals surface area contributed by atoms with Crippen LogP contribution in [0.15, 0.2) is 0 Å². The minimum atomic E-state index is -0.402. The second-order valence-corrected chi connectivity index (χ2v) is 5.69. The monoisotopic (exact) mass is 226 g/mol. The second kappa shape index (κ2) is 5.17. The summed E-state index contributed by atoms with van der Waals surface area (Å²) >= 11 is 0. The zero-order valence-electron chi connectivity index (χ0n) is 10.9. The maximum Gasteiger partial charge on any atom is 0.227 e. The number of carbonyl (C=O) groups excluding carboxylic acids is 1. The summed E-state index contributed by atoms with van der Waals surface area (Å²) in [6.45, 7) is 6.56. The Morgan fingerprint density at radius 1 is 1.38 bits per heavy atom. The number of amides is 1. The predicted octanol–water partition coefficient (Wildman–Crippen LogP) is 2.20. The van der Waals surface area contributed by atoms with Gasteiger partial charge >= 0.3 is 0 Å². The fraction of sp³-hybridized carbons (Fsp3) is 0.923. The van der Waals surface area contributed by atoms with E-state index in [1.54, 1.807) is 0 Å². The SMILES string of the molecule is CCC(C)(CN)C(=O)NC1(C)CCCCC1. The summed E-state index contributed by atoms with van der Waals surface area (Å²) in [5, 5.41) is 3.22. The number of nitrogens with two attached hydrogens (primary N) is 1. The van der Waals surface area contributed by atoms with Crippen LogP contribution in [-0.2, 0) is 4.79 Å². The topological polar surface area (TPSA) is 55.1 Å². The van der Waals surface area contributed by atoms with Gasteiger partial charge in [0.05, 0.1) is 5.41 Å². The zero-order chi connectivity index (χ0) is 12.2. The number of rotatable bonds is 4. The molecule has 1 unspecified atom stereocenters. The van der Waals surface area contributed by atoms with Gasteiger partial charge in [-0.05, 0) is 33.1 Å². The third-order valence-corrected chi connectivity index (χ3v) is 4.15. The van der Waals surface area contributed by atoms with Gasteiger partial charge in [0.15, 0.2) is 0 Å². The molecule has 1 rings (SSSR count). The Labute approximate surface area is 99.2 Å². The zero-order valence-corrected chi connectivity index (χ0v) is 10.9. The van der Waals surface area contributed by atoms with Crippen molar-refractivity contribution in [2.75, 3.05) is 6.54 Å². The molecule has 0 aromatic heterocycles. The van der Waals surface area contributed by atoms with Gasteiger partial charge in [0.25, 0.3) is 0 Å². The van der Waals surface area contributed by atoms with Gasteiger partial charge in [-0.1, -0.05) is 26.2 Å². The van der Waals surface area contributed by atoms with E-state index in [1.807, 2.05) is 13.8 Å². The molecular formula is C13H26N2O. The van der Waals surface area contributed by atoms with Crippen LogP contribution in [0.1, 0.15) is 59.3 Å². The molecule has 0 radical (unpaired) electrons. The highest BCUT2D eigenvalue weighted by atomic mass is 16.2. The summed E-state index contributed by atoms with van der Waals surface area (Å²) in [4.78, 5) is 12.2. The lowest BCUT2D eigenvalue weighted by molar-refractivity contribution is -0.132. The fourth-order valence-corrected chi connectivity index (χ4v) is 2.28. The summed E-state index contributed by atoms with van der Waals surface area (Å²) in [6, 6.07) is 0. The molecule has 1 saturated carbocycles. The molecule has 1 aliphatic carbocycles. The van der Waals surface area contributed by atoms with Crippen molar-refractivity contribution in [3.8, 4) is 0 Å². The fourth-order valence-electron chi connectivity index (χ4n) is 2.28. The van der Waals surface area contributed by atoms with Gasteiger partial charge in [-0.3, -0.25) is 4.79 Å². The molecular weight excluding hydrogens is 200 g/mol. The number of nitrogens with one attached hydrogen (secondary N) is 1. The highest BCUT2D eigenvalue weighted by Crippen LogP contribution is 2.29. The number of carbonyl (C=O) groups is 1. The Balaban J connectivity index is 2.62. The van der Waals surface area contributed by atoms with Crippen LogP contribution in [0.25, 0.3) is 0 Å². The minimum absolute atomic E-state index is 0.000926. The maximum absolute atomic E-state index is 12.2. The van der Waals surface area contributed by atoms with E-state index in [9.17, 15) is 4.79 Å². The third-order valence-electron chi connectivity index (χ3n) is 4.15. The normalized spacial score (nSPS) is 23.5. The van der Waals surface area contributed by atoms with E-state index < -0.39 is 5.41 Å². The van der Waals surface area contributed by atoms with Crippen LogP contribution < -0.4 is 11.1 Å². The van der Waals surface area contributed by atoms with Gasteiger partial charge in [-0.25, -0.2) is 0 Å². The summed E-state index contributed by atoms with van der Waals surface area (Å²) in [5.41, 5.74) is 5.30. The number of hydrogen-bond donors (Lipinski definition) is 2. The molecule has 1 atom stereocenters. The second-order valence-electron chi connectivity index (χ2n) is 5.69. The molecule has 3 N–H and O–H groups in total. The van der Waals surface area contributed by atoms with Crippen molar-refractivity contribution in [2.45, 2.75) is 64.8 Å². The summed E-state index contributed by atoms with van der Waals surface area (Å²) in [5.74, 6) is 0.127. The highest BCUT2D eigenvalue weighted by Gasteiger charge is 2.35. The molecule has 0 bridgehead atoms. The van der Waals surface area contributed by atoms with Crippen molar-refractivity contribution in [2.24, 2.45) is 11.1 Å². The molecule has 3 heteroatoms. The molecule has 0 saturated heterocycles. The molecule has 3 nitrogen and oxygen atoms in total. The molecule has 0 spiro atoms. The molecule has 94 valence electrons. The van der Waals surface area contributed by atoms with Crippen molar-refractivity contribution < 1.29 is 4.79 Å². The van der Waals surface area contributed by atoms with Gasteiger partial charge in [-0.15, -0.1) is 0 Å². The van der Waals surface area contributed by atoms with Crippen LogP contribution in [0.3, 0.4) is 0 Å². The maximum atomic E-state index is 12.2. The molecule has 1 amide bonds. The Kier molecular flexibility index (Phi) is 4.36. The Morgan fingerprint density at radius 3 is 2.38 bits per heavy atom. The van der Waals surface area contributed by atoms with Crippen LogP contribution in [0, 0.1) is 5.41 Å². The van der Waals surface area contributed by atoms with Gasteiger partial charge in [0, 0.05) is 12.1 Å². The van der Waals surface area contributed by atoms with Crippen molar-refractivity contribution in [3.63, 3.8) is 0 Å². The average Bonchev–Trinajstić information content (AvgIpc) is 2.28. The molecule has 16 heavy (non-hydrogen) atoms. The Morgan fingerprint density at radius 2 is 1.94 bits per heavy atom. The van der Waals surface area contributed by atoms with Crippen LogP contribution in [0.5, 0.6) is 0 Å². The standard InChI is InChI=1S/C13H26N2O/c1-4-12(2,10-14)11(16)15-13(3)8-6-5-7-9-13/h4-10,14H2,1-3H3,(H,15,16). The van der Waals surface area contributed by atoms with Crippen molar-refractivity contribution in [1.82, 2.24) is 5.32 Å². The van der Waals surface area contributed by atoms with Crippen LogP contribution >= 0.6 is 0 Å². The minimum Gasteiger partial charge on any atom is -0.350 e. The summed E-state index contributed by atoms with van der Waals surface area (Å²) in [7, 11) is 0. The first-order valence-electron chi connectivity index (χ1n) is 6.48. The van der Waals surface area contributed by atoms with Gasteiger partial charge in [-0.2, -0.15) is 0 Å². The lowest BCUT2D eigenvalue weighted by Crippen LogP contribution is -2.53. The van der Waals surface area contributed by atoms with E-state index in [2.05, 4.69) is 12.2 Å². The largest absolute Gasteiger partial charge is 0.350 e. The van der Waals surface area contributed by atoms with Crippen molar-refractivity contribution in [3.05, 3.63) is 0 Å². The molecule has 0 aromatic carbocycles. The van der Waals surface area contributed by atoms with Crippen LogP contribution in [0.4, 0.5) is 0 Å². The van der Waals surface area contributed by atoms with Gasteiger partial charge in [0.2, 0.25) is 5.91 Å². The first kappa shape index (κ1) is 13.5. The van der Waals surface area contributed by atoms with Crippen LogP contribution in [0.2, 0.25) is 0 Å². The van der Waals surface area contributed by atoms with Crippen LogP contribution in [-0.4, -0.2) is 18.0 Å². The van der Waals surface area contributed by atoms with E-state index in [4.69, 9.17) is 5.73 Å². The molecule has 0 aromatic rings. The molecule has 0 heterocycles.